The van der Waals surface area contributed by atoms with Gasteiger partial charge in [0, 0.05) is 13.5 Å². The molecule has 0 aromatic heterocycles. The highest BCUT2D eigenvalue weighted by Crippen LogP contribution is 2.23. The summed E-state index contributed by atoms with van der Waals surface area (Å²) in [5.74, 6) is -2.08. The van der Waals surface area contributed by atoms with Crippen LogP contribution in [-0.4, -0.2) is 51.6 Å². The molecule has 0 saturated heterocycles. The second-order valence-electron chi connectivity index (χ2n) is 6.73. The van der Waals surface area contributed by atoms with E-state index in [4.69, 9.17) is 9.84 Å². The molecule has 8 heteroatoms. The van der Waals surface area contributed by atoms with Gasteiger partial charge in [0.05, 0.1) is 5.71 Å². The Morgan fingerprint density at radius 1 is 1.04 bits per heavy atom. The summed E-state index contributed by atoms with van der Waals surface area (Å²) in [5, 5.41) is 23.0. The summed E-state index contributed by atoms with van der Waals surface area (Å²) in [5.41, 5.74) is -1.82. The molecule has 0 aliphatic heterocycles. The van der Waals surface area contributed by atoms with E-state index in [1.54, 1.807) is 20.8 Å². The van der Waals surface area contributed by atoms with Gasteiger partial charge in [0.2, 0.25) is 0 Å². The molecule has 0 fully saturated rings. The molecule has 0 aliphatic rings. The molecule has 0 heterocycles. The number of carbonyl (C=O) groups is 3. The monoisotopic (exact) mass is 330 g/mol. The Labute approximate surface area is 136 Å². The highest BCUT2D eigenvalue weighted by atomic mass is 16.6. The molecule has 0 spiro atoms. The number of hydrogen-bond acceptors (Lipinski definition) is 5. The average molecular weight is 330 g/mol. The normalized spacial score (nSPS) is 12.7. The Balaban J connectivity index is 5.28. The van der Waals surface area contributed by atoms with Gasteiger partial charge >= 0.3 is 18.0 Å². The van der Waals surface area contributed by atoms with Crippen LogP contribution in [0.2, 0.25) is 0 Å². The summed E-state index contributed by atoms with van der Waals surface area (Å²) < 4.78 is 5.15. The number of aliphatic carboxylic acids is 2. The van der Waals surface area contributed by atoms with Crippen molar-refractivity contribution in [3.8, 4) is 0 Å². The third-order valence-corrected chi connectivity index (χ3v) is 2.99. The molecule has 0 bridgehead atoms. The Morgan fingerprint density at radius 3 is 1.96 bits per heavy atom. The van der Waals surface area contributed by atoms with Crippen molar-refractivity contribution in [2.24, 2.45) is 10.5 Å². The molecular formula is C15H26N2O6. The molecular weight excluding hydrogens is 304 g/mol. The second-order valence-corrected chi connectivity index (χ2v) is 6.73. The maximum atomic E-state index is 11.9. The van der Waals surface area contributed by atoms with Crippen LogP contribution >= 0.6 is 0 Å². The van der Waals surface area contributed by atoms with E-state index in [1.165, 1.54) is 20.9 Å². The van der Waals surface area contributed by atoms with Crippen molar-refractivity contribution in [1.29, 1.82) is 0 Å². The van der Waals surface area contributed by atoms with Gasteiger partial charge in [-0.1, -0.05) is 0 Å². The predicted molar refractivity (Wildman–Crippen MR) is 84.3 cm³/mol. The van der Waals surface area contributed by atoms with Crippen LogP contribution in [0.5, 0.6) is 0 Å². The zero-order chi connectivity index (χ0) is 18.4. The fourth-order valence-corrected chi connectivity index (χ4v) is 1.57. The lowest BCUT2D eigenvalue weighted by molar-refractivity contribution is -0.143. The van der Waals surface area contributed by atoms with E-state index in [2.05, 4.69) is 5.10 Å². The summed E-state index contributed by atoms with van der Waals surface area (Å²) in [6.07, 6.45) is -0.439. The molecule has 0 unspecified atom stereocenters. The molecule has 0 saturated carbocycles. The maximum absolute atomic E-state index is 11.9. The summed E-state index contributed by atoms with van der Waals surface area (Å²) >= 11 is 0. The Morgan fingerprint density at radius 2 is 1.57 bits per heavy atom. The standard InChI is InChI=1S/C15H26N2O6/c1-14(2,3)23-13(22)17(6)16-10(8-7-9-11(18)19)15(4,5)12(20)21/h7-9H2,1-6H3,(H,18,19)(H,20,21). The molecule has 0 aromatic carbocycles. The first-order chi connectivity index (χ1) is 10.3. The van der Waals surface area contributed by atoms with Crippen LogP contribution in [-0.2, 0) is 14.3 Å². The summed E-state index contributed by atoms with van der Waals surface area (Å²) in [6, 6.07) is 0. The number of hydrogen-bond donors (Lipinski definition) is 2. The van der Waals surface area contributed by atoms with Crippen LogP contribution in [0.25, 0.3) is 0 Å². The first-order valence-electron chi connectivity index (χ1n) is 7.27. The maximum Gasteiger partial charge on any atom is 0.430 e. The second kappa shape index (κ2) is 7.94. The highest BCUT2D eigenvalue weighted by Gasteiger charge is 2.34. The Bertz CT molecular complexity index is 491. The molecule has 1 amide bonds. The lowest BCUT2D eigenvalue weighted by Crippen LogP contribution is -2.37. The number of rotatable bonds is 7. The fourth-order valence-electron chi connectivity index (χ4n) is 1.57. The minimum Gasteiger partial charge on any atom is -0.481 e. The molecule has 0 radical (unpaired) electrons. The minimum atomic E-state index is -1.32. The SMILES string of the molecule is CN(N=C(CCCC(=O)O)C(C)(C)C(=O)O)C(=O)OC(C)(C)C. The first-order valence-corrected chi connectivity index (χ1v) is 7.27. The van der Waals surface area contributed by atoms with E-state index < -0.39 is 29.0 Å². The third-order valence-electron chi connectivity index (χ3n) is 2.99. The van der Waals surface area contributed by atoms with Gasteiger partial charge in [0.25, 0.3) is 0 Å². The van der Waals surface area contributed by atoms with Gasteiger partial charge in [-0.25, -0.2) is 9.80 Å². The molecule has 0 atom stereocenters. The van der Waals surface area contributed by atoms with Crippen molar-refractivity contribution in [3.05, 3.63) is 0 Å². The van der Waals surface area contributed by atoms with Crippen molar-refractivity contribution in [1.82, 2.24) is 5.01 Å². The lowest BCUT2D eigenvalue weighted by atomic mass is 9.85. The average Bonchev–Trinajstić information content (AvgIpc) is 2.34. The van der Waals surface area contributed by atoms with E-state index in [-0.39, 0.29) is 25.0 Å². The number of carboxylic acid groups (broad SMARTS) is 2. The third kappa shape index (κ3) is 7.62. The summed E-state index contributed by atoms with van der Waals surface area (Å²) in [6.45, 7) is 8.03. The number of amides is 1. The van der Waals surface area contributed by atoms with Crippen molar-refractivity contribution in [3.63, 3.8) is 0 Å². The molecule has 0 aromatic rings. The van der Waals surface area contributed by atoms with Crippen LogP contribution in [0.3, 0.4) is 0 Å². The van der Waals surface area contributed by atoms with Crippen LogP contribution in [0.15, 0.2) is 5.10 Å². The van der Waals surface area contributed by atoms with Gasteiger partial charge in [-0.15, -0.1) is 0 Å². The first kappa shape index (κ1) is 20.9. The van der Waals surface area contributed by atoms with E-state index >= 15 is 0 Å². The van der Waals surface area contributed by atoms with Crippen LogP contribution < -0.4 is 0 Å². The number of carbonyl (C=O) groups excluding carboxylic acids is 1. The molecule has 0 aliphatic carbocycles. The quantitative estimate of drug-likeness (QED) is 0.547. The molecule has 23 heavy (non-hydrogen) atoms. The van der Waals surface area contributed by atoms with Gasteiger partial charge in [-0.05, 0) is 47.5 Å². The van der Waals surface area contributed by atoms with Crippen molar-refractivity contribution >= 4 is 23.7 Å². The van der Waals surface area contributed by atoms with Gasteiger partial charge in [-0.2, -0.15) is 5.10 Å². The van der Waals surface area contributed by atoms with Crippen LogP contribution in [0, 0.1) is 5.41 Å². The van der Waals surface area contributed by atoms with E-state index in [0.717, 1.165) is 5.01 Å². The smallest absolute Gasteiger partial charge is 0.430 e. The largest absolute Gasteiger partial charge is 0.481 e. The van der Waals surface area contributed by atoms with E-state index in [9.17, 15) is 19.5 Å². The highest BCUT2D eigenvalue weighted by molar-refractivity contribution is 6.05. The summed E-state index contributed by atoms with van der Waals surface area (Å²) in [4.78, 5) is 33.9. The molecule has 2 N–H and O–H groups in total. The number of ether oxygens (including phenoxy) is 1. The molecule has 0 rings (SSSR count). The van der Waals surface area contributed by atoms with Gasteiger partial charge in [0.15, 0.2) is 0 Å². The topological polar surface area (TPSA) is 117 Å². The molecule has 132 valence electrons. The minimum absolute atomic E-state index is 0.106. The van der Waals surface area contributed by atoms with E-state index in [0.29, 0.717) is 0 Å². The van der Waals surface area contributed by atoms with Crippen molar-refractivity contribution in [2.45, 2.75) is 59.5 Å². The zero-order valence-corrected chi connectivity index (χ0v) is 14.5. The van der Waals surface area contributed by atoms with Gasteiger partial charge in [-0.3, -0.25) is 9.59 Å². The Hall–Kier alpha value is -2.12. The van der Waals surface area contributed by atoms with Crippen molar-refractivity contribution < 1.29 is 29.3 Å². The lowest BCUT2D eigenvalue weighted by Gasteiger charge is -2.26. The van der Waals surface area contributed by atoms with Gasteiger partial charge < -0.3 is 14.9 Å². The van der Waals surface area contributed by atoms with Crippen LogP contribution in [0.1, 0.15) is 53.9 Å². The van der Waals surface area contributed by atoms with Crippen LogP contribution in [0.4, 0.5) is 4.79 Å². The zero-order valence-electron chi connectivity index (χ0n) is 14.5. The predicted octanol–water partition coefficient (Wildman–Crippen LogP) is 2.58. The summed E-state index contributed by atoms with van der Waals surface area (Å²) in [7, 11) is 1.36. The van der Waals surface area contributed by atoms with Gasteiger partial charge in [0.1, 0.15) is 11.0 Å². The number of nitrogens with zero attached hydrogens (tertiary/aromatic N) is 2. The fraction of sp³-hybridized carbons (Fsp3) is 0.733. The number of hydrazone groups is 1. The number of carboxylic acids is 2. The van der Waals surface area contributed by atoms with E-state index in [1.807, 2.05) is 0 Å². The Kier molecular flexibility index (Phi) is 7.21. The van der Waals surface area contributed by atoms with Crippen molar-refractivity contribution in [2.75, 3.05) is 7.05 Å². The molecule has 8 nitrogen and oxygen atoms in total.